The van der Waals surface area contributed by atoms with Gasteiger partial charge >= 0.3 is 0 Å². The van der Waals surface area contributed by atoms with Crippen molar-refractivity contribution in [1.29, 1.82) is 0 Å². The van der Waals surface area contributed by atoms with Crippen molar-refractivity contribution in [3.8, 4) is 23.0 Å². The Hall–Kier alpha value is -2.28. The Morgan fingerprint density at radius 1 is 1.40 bits per heavy atom. The fourth-order valence-corrected chi connectivity index (χ4v) is 2.65. The van der Waals surface area contributed by atoms with Gasteiger partial charge in [0.2, 0.25) is 5.82 Å². The van der Waals surface area contributed by atoms with Gasteiger partial charge < -0.3 is 10.3 Å². The molecule has 3 aromatic rings. The lowest BCUT2D eigenvalue weighted by molar-refractivity contribution is 0.432. The van der Waals surface area contributed by atoms with E-state index >= 15 is 0 Å². The maximum atomic E-state index is 5.89. The second kappa shape index (κ2) is 5.01. The number of hydrogen-bond donors (Lipinski definition) is 1. The van der Waals surface area contributed by atoms with E-state index in [0.29, 0.717) is 22.3 Å². The first-order valence-electron chi connectivity index (χ1n) is 6.20. The van der Waals surface area contributed by atoms with E-state index in [0.717, 1.165) is 23.4 Å². The van der Waals surface area contributed by atoms with Crippen molar-refractivity contribution in [2.45, 2.75) is 20.3 Å². The molecule has 0 aliphatic heterocycles. The molecule has 0 saturated carbocycles. The topological polar surface area (TPSA) is 90.7 Å². The Labute approximate surface area is 119 Å². The minimum atomic E-state index is 0.386. The molecule has 0 saturated heterocycles. The molecule has 2 N–H and O–H groups in total. The number of nitrogen functional groups attached to an aromatic ring is 1. The maximum Gasteiger partial charge on any atom is 0.263 e. The van der Waals surface area contributed by atoms with Gasteiger partial charge in [0.15, 0.2) is 0 Å². The first kappa shape index (κ1) is 12.7. The Morgan fingerprint density at radius 2 is 2.25 bits per heavy atom. The lowest BCUT2D eigenvalue weighted by atomic mass is 10.1. The standard InChI is InChI=1S/C13H13N5OS/c1-3-8-5-4-6-15-10(8)12-16-13(19-17-12)9-7(2)18-20-11(9)14/h4-6H,3,14H2,1-2H3. The summed E-state index contributed by atoms with van der Waals surface area (Å²) in [6.07, 6.45) is 2.57. The minimum Gasteiger partial charge on any atom is -0.389 e. The zero-order chi connectivity index (χ0) is 14.1. The molecule has 0 spiro atoms. The highest BCUT2D eigenvalue weighted by Gasteiger charge is 2.19. The molecule has 0 radical (unpaired) electrons. The quantitative estimate of drug-likeness (QED) is 0.796. The van der Waals surface area contributed by atoms with E-state index in [2.05, 4.69) is 26.4 Å². The maximum absolute atomic E-state index is 5.89. The molecule has 0 aliphatic carbocycles. The van der Waals surface area contributed by atoms with Crippen molar-refractivity contribution in [1.82, 2.24) is 19.5 Å². The number of aryl methyl sites for hydroxylation is 2. The second-order valence-corrected chi connectivity index (χ2v) is 5.10. The van der Waals surface area contributed by atoms with Crippen LogP contribution in [0.3, 0.4) is 0 Å². The fraction of sp³-hybridized carbons (Fsp3) is 0.231. The number of nitrogens with zero attached hydrogens (tertiary/aromatic N) is 4. The molecule has 3 rings (SSSR count). The number of nitrogens with two attached hydrogens (primary N) is 1. The zero-order valence-electron chi connectivity index (χ0n) is 11.1. The first-order chi connectivity index (χ1) is 9.70. The normalized spacial score (nSPS) is 10.9. The van der Waals surface area contributed by atoms with Crippen LogP contribution in [0, 0.1) is 6.92 Å². The largest absolute Gasteiger partial charge is 0.389 e. The average Bonchev–Trinajstić information content (AvgIpc) is 3.06. The number of rotatable bonds is 3. The average molecular weight is 287 g/mol. The number of pyridine rings is 1. The summed E-state index contributed by atoms with van der Waals surface area (Å²) >= 11 is 1.22. The van der Waals surface area contributed by atoms with Gasteiger partial charge in [0.25, 0.3) is 5.89 Å². The monoisotopic (exact) mass is 287 g/mol. The summed E-state index contributed by atoms with van der Waals surface area (Å²) in [6.45, 7) is 3.93. The van der Waals surface area contributed by atoms with Crippen LogP contribution >= 0.6 is 11.5 Å². The molecule has 0 amide bonds. The van der Waals surface area contributed by atoms with Crippen molar-refractivity contribution < 1.29 is 4.52 Å². The SMILES string of the molecule is CCc1cccnc1-c1noc(-c2c(C)nsc2N)n1. The zero-order valence-corrected chi connectivity index (χ0v) is 11.9. The van der Waals surface area contributed by atoms with Crippen LogP contribution in [0.25, 0.3) is 23.0 Å². The molecule has 3 aromatic heterocycles. The van der Waals surface area contributed by atoms with Crippen LogP contribution in [-0.2, 0) is 6.42 Å². The second-order valence-electron chi connectivity index (χ2n) is 4.30. The molecular weight excluding hydrogens is 274 g/mol. The molecule has 6 nitrogen and oxygen atoms in total. The number of aromatic nitrogens is 4. The van der Waals surface area contributed by atoms with Crippen LogP contribution in [0.4, 0.5) is 5.00 Å². The van der Waals surface area contributed by atoms with Crippen LogP contribution in [0.5, 0.6) is 0 Å². The smallest absolute Gasteiger partial charge is 0.263 e. The molecule has 3 heterocycles. The van der Waals surface area contributed by atoms with Crippen molar-refractivity contribution in [3.63, 3.8) is 0 Å². The summed E-state index contributed by atoms with van der Waals surface area (Å²) in [4.78, 5) is 8.73. The lowest BCUT2D eigenvalue weighted by Gasteiger charge is -2.00. The summed E-state index contributed by atoms with van der Waals surface area (Å²) in [5.41, 5.74) is 9.21. The van der Waals surface area contributed by atoms with Gasteiger partial charge in [-0.3, -0.25) is 4.98 Å². The van der Waals surface area contributed by atoms with Gasteiger partial charge in [0.1, 0.15) is 10.7 Å². The molecule has 7 heteroatoms. The van der Waals surface area contributed by atoms with Gasteiger partial charge in [0, 0.05) is 6.20 Å². The Bertz CT molecular complexity index is 729. The third-order valence-corrected chi connectivity index (χ3v) is 3.78. The fourth-order valence-electron chi connectivity index (χ4n) is 1.99. The molecule has 0 aromatic carbocycles. The van der Waals surface area contributed by atoms with Crippen molar-refractivity contribution in [2.24, 2.45) is 0 Å². The van der Waals surface area contributed by atoms with E-state index in [1.165, 1.54) is 11.5 Å². The highest BCUT2D eigenvalue weighted by atomic mass is 32.1. The summed E-state index contributed by atoms with van der Waals surface area (Å²) < 4.78 is 9.49. The van der Waals surface area contributed by atoms with Crippen molar-refractivity contribution >= 4 is 16.5 Å². The third-order valence-electron chi connectivity index (χ3n) is 3.01. The Balaban J connectivity index is 2.07. The first-order valence-corrected chi connectivity index (χ1v) is 6.98. The molecule has 0 unspecified atom stereocenters. The van der Waals surface area contributed by atoms with E-state index in [1.807, 2.05) is 19.1 Å². The van der Waals surface area contributed by atoms with Crippen LogP contribution in [0.1, 0.15) is 18.2 Å². The van der Waals surface area contributed by atoms with Gasteiger partial charge in [-0.05, 0) is 36.5 Å². The molecular formula is C13H13N5OS. The van der Waals surface area contributed by atoms with Gasteiger partial charge in [-0.15, -0.1) is 0 Å². The molecule has 0 atom stereocenters. The summed E-state index contributed by atoms with van der Waals surface area (Å²) in [5, 5.41) is 4.58. The Morgan fingerprint density at radius 3 is 2.95 bits per heavy atom. The van der Waals surface area contributed by atoms with Crippen LogP contribution in [-0.4, -0.2) is 19.5 Å². The van der Waals surface area contributed by atoms with Gasteiger partial charge in [-0.2, -0.15) is 9.36 Å². The molecule has 102 valence electrons. The van der Waals surface area contributed by atoms with Crippen LogP contribution in [0.2, 0.25) is 0 Å². The molecule has 0 fully saturated rings. The van der Waals surface area contributed by atoms with Crippen molar-refractivity contribution in [2.75, 3.05) is 5.73 Å². The summed E-state index contributed by atoms with van der Waals surface area (Å²) in [7, 11) is 0. The van der Waals surface area contributed by atoms with E-state index in [1.54, 1.807) is 6.20 Å². The number of anilines is 1. The van der Waals surface area contributed by atoms with Crippen molar-refractivity contribution in [3.05, 3.63) is 29.6 Å². The molecule has 0 aliphatic rings. The highest BCUT2D eigenvalue weighted by Crippen LogP contribution is 2.32. The van der Waals surface area contributed by atoms with E-state index < -0.39 is 0 Å². The Kier molecular flexibility index (Phi) is 3.19. The minimum absolute atomic E-state index is 0.386. The van der Waals surface area contributed by atoms with E-state index in [4.69, 9.17) is 10.3 Å². The van der Waals surface area contributed by atoms with Crippen LogP contribution < -0.4 is 5.73 Å². The summed E-state index contributed by atoms with van der Waals surface area (Å²) in [6, 6.07) is 3.90. The van der Waals surface area contributed by atoms with E-state index in [9.17, 15) is 0 Å². The molecule has 20 heavy (non-hydrogen) atoms. The number of hydrogen-bond acceptors (Lipinski definition) is 7. The lowest BCUT2D eigenvalue weighted by Crippen LogP contribution is -1.93. The predicted octanol–water partition coefficient (Wildman–Crippen LogP) is 2.71. The summed E-state index contributed by atoms with van der Waals surface area (Å²) in [5.74, 6) is 0.860. The van der Waals surface area contributed by atoms with Gasteiger partial charge in [-0.1, -0.05) is 18.1 Å². The highest BCUT2D eigenvalue weighted by molar-refractivity contribution is 7.10. The predicted molar refractivity (Wildman–Crippen MR) is 77.2 cm³/mol. The van der Waals surface area contributed by atoms with Gasteiger partial charge in [0.05, 0.1) is 11.3 Å². The van der Waals surface area contributed by atoms with E-state index in [-0.39, 0.29) is 0 Å². The third kappa shape index (κ3) is 2.05. The van der Waals surface area contributed by atoms with Crippen LogP contribution in [0.15, 0.2) is 22.9 Å². The molecule has 0 bridgehead atoms. The van der Waals surface area contributed by atoms with Gasteiger partial charge in [-0.25, -0.2) is 0 Å².